The van der Waals surface area contributed by atoms with Gasteiger partial charge in [0.1, 0.15) is 0 Å². The van der Waals surface area contributed by atoms with Crippen molar-refractivity contribution in [2.24, 2.45) is 0 Å². The number of aliphatic hydroxyl groups is 1. The normalized spacial score (nSPS) is 14.5. The van der Waals surface area contributed by atoms with Crippen molar-refractivity contribution in [3.63, 3.8) is 0 Å². The SMILES string of the molecule is CCO[C@](C)(c1ccc(O)c(OC)c1)[C@H](CO)c1ccc(O)c(OC)c1. The van der Waals surface area contributed by atoms with Crippen LogP contribution in [-0.4, -0.2) is 42.8 Å². The molecule has 0 aliphatic heterocycles. The van der Waals surface area contributed by atoms with Crippen LogP contribution in [0.2, 0.25) is 0 Å². The van der Waals surface area contributed by atoms with Gasteiger partial charge in [0.2, 0.25) is 0 Å². The Bertz CT molecular complexity index is 745. The van der Waals surface area contributed by atoms with Gasteiger partial charge in [0.05, 0.1) is 26.4 Å². The molecule has 0 radical (unpaired) electrons. The van der Waals surface area contributed by atoms with Crippen LogP contribution in [0.15, 0.2) is 36.4 Å². The van der Waals surface area contributed by atoms with Crippen molar-refractivity contribution in [3.8, 4) is 23.0 Å². The Morgan fingerprint density at radius 3 is 2.08 bits per heavy atom. The largest absolute Gasteiger partial charge is 0.504 e. The average Bonchev–Trinajstić information content (AvgIpc) is 2.64. The van der Waals surface area contributed by atoms with Crippen molar-refractivity contribution in [2.45, 2.75) is 25.4 Å². The minimum Gasteiger partial charge on any atom is -0.504 e. The summed E-state index contributed by atoms with van der Waals surface area (Å²) in [5.41, 5.74) is 0.608. The molecule has 26 heavy (non-hydrogen) atoms. The van der Waals surface area contributed by atoms with E-state index in [1.54, 1.807) is 24.3 Å². The lowest BCUT2D eigenvalue weighted by molar-refractivity contribution is -0.0626. The van der Waals surface area contributed by atoms with Crippen molar-refractivity contribution >= 4 is 0 Å². The molecule has 0 saturated heterocycles. The molecule has 0 spiro atoms. The highest BCUT2D eigenvalue weighted by Gasteiger charge is 2.38. The quantitative estimate of drug-likeness (QED) is 0.669. The monoisotopic (exact) mass is 362 g/mol. The zero-order valence-electron chi connectivity index (χ0n) is 15.5. The van der Waals surface area contributed by atoms with E-state index in [2.05, 4.69) is 0 Å². The zero-order valence-corrected chi connectivity index (χ0v) is 15.5. The number of methoxy groups -OCH3 is 2. The van der Waals surface area contributed by atoms with Gasteiger partial charge in [-0.2, -0.15) is 0 Å². The predicted molar refractivity (Wildman–Crippen MR) is 98.1 cm³/mol. The second-order valence-electron chi connectivity index (χ2n) is 6.09. The Hall–Kier alpha value is -2.44. The fourth-order valence-electron chi connectivity index (χ4n) is 3.18. The van der Waals surface area contributed by atoms with Crippen LogP contribution in [0.3, 0.4) is 0 Å². The van der Waals surface area contributed by atoms with E-state index in [-0.39, 0.29) is 18.1 Å². The molecule has 142 valence electrons. The van der Waals surface area contributed by atoms with Gasteiger partial charge in [-0.05, 0) is 49.2 Å². The summed E-state index contributed by atoms with van der Waals surface area (Å²) in [6.07, 6.45) is 0. The molecule has 2 rings (SSSR count). The molecule has 0 bridgehead atoms. The van der Waals surface area contributed by atoms with Crippen molar-refractivity contribution < 1.29 is 29.5 Å². The van der Waals surface area contributed by atoms with Gasteiger partial charge in [0.25, 0.3) is 0 Å². The number of ether oxygens (including phenoxy) is 3. The Labute approximate surface area is 153 Å². The van der Waals surface area contributed by atoms with E-state index < -0.39 is 11.5 Å². The second-order valence-corrected chi connectivity index (χ2v) is 6.09. The number of phenols is 2. The maximum Gasteiger partial charge on any atom is 0.160 e. The highest BCUT2D eigenvalue weighted by molar-refractivity contribution is 5.47. The highest BCUT2D eigenvalue weighted by atomic mass is 16.5. The summed E-state index contributed by atoms with van der Waals surface area (Å²) in [4.78, 5) is 0. The van der Waals surface area contributed by atoms with E-state index in [0.717, 1.165) is 11.1 Å². The van der Waals surface area contributed by atoms with E-state index in [1.807, 2.05) is 13.8 Å². The number of phenolic OH excluding ortho intramolecular Hbond substituents is 2. The van der Waals surface area contributed by atoms with E-state index in [1.165, 1.54) is 26.4 Å². The first-order valence-electron chi connectivity index (χ1n) is 8.40. The third-order valence-corrected chi connectivity index (χ3v) is 4.65. The lowest BCUT2D eigenvalue weighted by atomic mass is 9.78. The fraction of sp³-hybridized carbons (Fsp3) is 0.400. The Balaban J connectivity index is 2.58. The van der Waals surface area contributed by atoms with Crippen LogP contribution in [-0.2, 0) is 10.3 Å². The summed E-state index contributed by atoms with van der Waals surface area (Å²) in [6, 6.07) is 9.93. The summed E-state index contributed by atoms with van der Waals surface area (Å²) in [5, 5.41) is 29.9. The number of benzene rings is 2. The first-order valence-corrected chi connectivity index (χ1v) is 8.40. The van der Waals surface area contributed by atoms with Gasteiger partial charge >= 0.3 is 0 Å². The number of hydrogen-bond donors (Lipinski definition) is 3. The smallest absolute Gasteiger partial charge is 0.160 e. The minimum atomic E-state index is -0.896. The molecule has 2 atom stereocenters. The van der Waals surface area contributed by atoms with Gasteiger partial charge in [-0.1, -0.05) is 12.1 Å². The van der Waals surface area contributed by atoms with Crippen molar-refractivity contribution in [3.05, 3.63) is 47.5 Å². The van der Waals surface area contributed by atoms with E-state index >= 15 is 0 Å². The zero-order chi connectivity index (χ0) is 19.3. The third kappa shape index (κ3) is 3.71. The molecular formula is C20H26O6. The van der Waals surface area contributed by atoms with Crippen LogP contribution in [0, 0.1) is 0 Å². The van der Waals surface area contributed by atoms with Gasteiger partial charge in [0.15, 0.2) is 23.0 Å². The van der Waals surface area contributed by atoms with Gasteiger partial charge < -0.3 is 29.5 Å². The minimum absolute atomic E-state index is 0.0253. The summed E-state index contributed by atoms with van der Waals surface area (Å²) in [7, 11) is 2.95. The van der Waals surface area contributed by atoms with Crippen LogP contribution in [0.25, 0.3) is 0 Å². The lowest BCUT2D eigenvalue weighted by Crippen LogP contribution is -2.36. The third-order valence-electron chi connectivity index (χ3n) is 4.65. The summed E-state index contributed by atoms with van der Waals surface area (Å²) < 4.78 is 16.5. The predicted octanol–water partition coefficient (Wildman–Crippen LogP) is 3.14. The van der Waals surface area contributed by atoms with Gasteiger partial charge in [-0.15, -0.1) is 0 Å². The van der Waals surface area contributed by atoms with E-state index in [4.69, 9.17) is 14.2 Å². The molecule has 3 N–H and O–H groups in total. The molecule has 0 saturated carbocycles. The van der Waals surface area contributed by atoms with Crippen molar-refractivity contribution in [1.29, 1.82) is 0 Å². The van der Waals surface area contributed by atoms with Gasteiger partial charge in [0, 0.05) is 12.5 Å². The maximum absolute atomic E-state index is 10.2. The van der Waals surface area contributed by atoms with Crippen LogP contribution < -0.4 is 9.47 Å². The molecule has 6 nitrogen and oxygen atoms in total. The van der Waals surface area contributed by atoms with Crippen LogP contribution in [0.4, 0.5) is 0 Å². The van der Waals surface area contributed by atoms with Crippen LogP contribution in [0.5, 0.6) is 23.0 Å². The molecule has 0 fully saturated rings. The Morgan fingerprint density at radius 1 is 0.962 bits per heavy atom. The first-order chi connectivity index (χ1) is 12.4. The summed E-state index contributed by atoms with van der Waals surface area (Å²) in [5.74, 6) is 0.266. The maximum atomic E-state index is 10.2. The molecular weight excluding hydrogens is 336 g/mol. The van der Waals surface area contributed by atoms with Gasteiger partial charge in [-0.25, -0.2) is 0 Å². The topological polar surface area (TPSA) is 88.4 Å². The Morgan fingerprint density at radius 2 is 1.54 bits per heavy atom. The van der Waals surface area contributed by atoms with Crippen LogP contribution in [0.1, 0.15) is 30.9 Å². The molecule has 0 aliphatic carbocycles. The molecule has 0 aromatic heterocycles. The van der Waals surface area contributed by atoms with E-state index in [9.17, 15) is 15.3 Å². The molecule has 0 heterocycles. The molecule has 0 amide bonds. The summed E-state index contributed by atoms with van der Waals surface area (Å²) >= 11 is 0. The Kier molecular flexibility index (Phi) is 6.34. The number of aliphatic hydroxyl groups excluding tert-OH is 1. The second kappa shape index (κ2) is 8.29. The van der Waals surface area contributed by atoms with Crippen molar-refractivity contribution in [1.82, 2.24) is 0 Å². The number of hydrogen-bond acceptors (Lipinski definition) is 6. The van der Waals surface area contributed by atoms with Crippen molar-refractivity contribution in [2.75, 3.05) is 27.4 Å². The average molecular weight is 362 g/mol. The fourth-order valence-corrected chi connectivity index (χ4v) is 3.18. The number of rotatable bonds is 8. The summed E-state index contributed by atoms with van der Waals surface area (Å²) in [6.45, 7) is 3.99. The lowest BCUT2D eigenvalue weighted by Gasteiger charge is -2.37. The molecule has 6 heteroatoms. The van der Waals surface area contributed by atoms with Gasteiger partial charge in [-0.3, -0.25) is 0 Å². The molecule has 2 aromatic carbocycles. The first kappa shape index (κ1) is 19.9. The molecule has 0 unspecified atom stereocenters. The highest BCUT2D eigenvalue weighted by Crippen LogP contribution is 2.44. The number of aromatic hydroxyl groups is 2. The standard InChI is InChI=1S/C20H26O6/c1-5-26-20(2,14-7-9-17(23)19(11-14)25-4)15(12-21)13-6-8-16(22)18(10-13)24-3/h6-11,15,21-23H,5,12H2,1-4H3/t15-,20-/m1/s1. The van der Waals surface area contributed by atoms with Crippen LogP contribution >= 0.6 is 0 Å². The molecule has 2 aromatic rings. The van der Waals surface area contributed by atoms with E-state index in [0.29, 0.717) is 18.1 Å². The molecule has 0 aliphatic rings.